The standard InChI is InChI=1S/C10H10BrNO/c11-9-4-5-10(12)8(7-9)3-1-2-6-13/h1,3-7H,2,12H2. The summed E-state index contributed by atoms with van der Waals surface area (Å²) >= 11 is 3.35. The van der Waals surface area contributed by atoms with Gasteiger partial charge in [-0.15, -0.1) is 0 Å². The Kier molecular flexibility index (Phi) is 3.71. The molecule has 1 rings (SSSR count). The number of hydrogen-bond acceptors (Lipinski definition) is 2. The van der Waals surface area contributed by atoms with Crippen molar-refractivity contribution >= 4 is 34.0 Å². The van der Waals surface area contributed by atoms with E-state index in [1.807, 2.05) is 24.3 Å². The van der Waals surface area contributed by atoms with Gasteiger partial charge in [0, 0.05) is 16.6 Å². The van der Waals surface area contributed by atoms with Gasteiger partial charge in [0.05, 0.1) is 0 Å². The highest BCUT2D eigenvalue weighted by atomic mass is 79.9. The predicted molar refractivity (Wildman–Crippen MR) is 58.3 cm³/mol. The van der Waals surface area contributed by atoms with Crippen molar-refractivity contribution in [1.29, 1.82) is 0 Å². The largest absolute Gasteiger partial charge is 0.398 e. The topological polar surface area (TPSA) is 43.1 Å². The van der Waals surface area contributed by atoms with Crippen molar-refractivity contribution in [3.8, 4) is 0 Å². The first-order valence-electron chi connectivity index (χ1n) is 3.89. The minimum Gasteiger partial charge on any atom is -0.398 e. The number of halogens is 1. The van der Waals surface area contributed by atoms with Gasteiger partial charge >= 0.3 is 0 Å². The first-order valence-corrected chi connectivity index (χ1v) is 4.68. The summed E-state index contributed by atoms with van der Waals surface area (Å²) in [4.78, 5) is 10.1. The first-order chi connectivity index (χ1) is 6.24. The molecule has 68 valence electrons. The van der Waals surface area contributed by atoms with Gasteiger partial charge in [-0.1, -0.05) is 28.1 Å². The normalized spacial score (nSPS) is 10.5. The van der Waals surface area contributed by atoms with Crippen molar-refractivity contribution in [2.75, 3.05) is 5.73 Å². The number of nitrogens with two attached hydrogens (primary N) is 1. The molecule has 0 bridgehead atoms. The van der Waals surface area contributed by atoms with E-state index in [4.69, 9.17) is 5.73 Å². The quantitative estimate of drug-likeness (QED) is 0.651. The molecule has 2 N–H and O–H groups in total. The van der Waals surface area contributed by atoms with Crippen LogP contribution >= 0.6 is 15.9 Å². The van der Waals surface area contributed by atoms with E-state index in [0.29, 0.717) is 12.1 Å². The molecule has 0 heterocycles. The van der Waals surface area contributed by atoms with Gasteiger partial charge < -0.3 is 10.5 Å². The van der Waals surface area contributed by atoms with Crippen molar-refractivity contribution in [3.63, 3.8) is 0 Å². The van der Waals surface area contributed by atoms with E-state index in [-0.39, 0.29) is 0 Å². The molecule has 13 heavy (non-hydrogen) atoms. The van der Waals surface area contributed by atoms with Crippen LogP contribution in [0.2, 0.25) is 0 Å². The Hall–Kier alpha value is -1.09. The van der Waals surface area contributed by atoms with E-state index >= 15 is 0 Å². The van der Waals surface area contributed by atoms with E-state index in [9.17, 15) is 4.79 Å². The lowest BCUT2D eigenvalue weighted by atomic mass is 10.1. The maximum Gasteiger partial charge on any atom is 0.123 e. The Balaban J connectivity index is 2.86. The maximum atomic E-state index is 10.1. The summed E-state index contributed by atoms with van der Waals surface area (Å²) in [6.07, 6.45) is 4.90. The molecule has 1 aromatic rings. The fourth-order valence-corrected chi connectivity index (χ4v) is 1.32. The Morgan fingerprint density at radius 2 is 2.23 bits per heavy atom. The summed E-state index contributed by atoms with van der Waals surface area (Å²) in [5, 5.41) is 0. The van der Waals surface area contributed by atoms with Gasteiger partial charge in [-0.05, 0) is 23.8 Å². The van der Waals surface area contributed by atoms with Gasteiger partial charge in [-0.3, -0.25) is 0 Å². The minimum absolute atomic E-state index is 0.423. The minimum atomic E-state index is 0.423. The SMILES string of the molecule is Nc1ccc(Br)cc1C=CCC=O. The van der Waals surface area contributed by atoms with Crippen LogP contribution < -0.4 is 5.73 Å². The van der Waals surface area contributed by atoms with Crippen LogP contribution in [0, 0.1) is 0 Å². The molecule has 0 unspecified atom stereocenters. The zero-order valence-corrected chi connectivity index (χ0v) is 8.62. The maximum absolute atomic E-state index is 10.1. The average Bonchev–Trinajstić information content (AvgIpc) is 2.11. The average molecular weight is 240 g/mol. The van der Waals surface area contributed by atoms with E-state index in [2.05, 4.69) is 15.9 Å². The molecule has 0 spiro atoms. The van der Waals surface area contributed by atoms with E-state index in [0.717, 1.165) is 16.3 Å². The van der Waals surface area contributed by atoms with Gasteiger partial charge in [-0.2, -0.15) is 0 Å². The van der Waals surface area contributed by atoms with Gasteiger partial charge in [0.25, 0.3) is 0 Å². The number of nitrogen functional groups attached to an aromatic ring is 1. The number of aldehydes is 1. The van der Waals surface area contributed by atoms with Crippen molar-refractivity contribution in [3.05, 3.63) is 34.3 Å². The molecule has 0 aromatic heterocycles. The summed E-state index contributed by atoms with van der Waals surface area (Å²) < 4.78 is 0.979. The molecule has 0 saturated heterocycles. The number of carbonyl (C=O) groups is 1. The summed E-state index contributed by atoms with van der Waals surface area (Å²) in [7, 11) is 0. The monoisotopic (exact) mass is 239 g/mol. The highest BCUT2D eigenvalue weighted by Crippen LogP contribution is 2.19. The summed E-state index contributed by atoms with van der Waals surface area (Å²) in [5.41, 5.74) is 7.35. The Bertz CT molecular complexity index is 334. The molecule has 0 saturated carbocycles. The van der Waals surface area contributed by atoms with Crippen LogP contribution in [0.4, 0.5) is 5.69 Å². The fourth-order valence-electron chi connectivity index (χ4n) is 0.941. The number of hydrogen-bond donors (Lipinski definition) is 1. The molecule has 2 nitrogen and oxygen atoms in total. The fraction of sp³-hybridized carbons (Fsp3) is 0.100. The van der Waals surface area contributed by atoms with Crippen LogP contribution in [-0.4, -0.2) is 6.29 Å². The Labute approximate surface area is 85.6 Å². The smallest absolute Gasteiger partial charge is 0.123 e. The number of benzene rings is 1. The van der Waals surface area contributed by atoms with Crippen molar-refractivity contribution < 1.29 is 4.79 Å². The van der Waals surface area contributed by atoms with E-state index in [1.165, 1.54) is 0 Å². The van der Waals surface area contributed by atoms with E-state index in [1.54, 1.807) is 6.08 Å². The van der Waals surface area contributed by atoms with E-state index < -0.39 is 0 Å². The second kappa shape index (κ2) is 4.82. The predicted octanol–water partition coefficient (Wildman–Crippen LogP) is 2.63. The third-order valence-electron chi connectivity index (χ3n) is 1.58. The summed E-state index contributed by atoms with van der Waals surface area (Å²) in [5.74, 6) is 0. The molecule has 1 aromatic carbocycles. The molecule has 0 amide bonds. The van der Waals surface area contributed by atoms with Crippen molar-refractivity contribution in [1.82, 2.24) is 0 Å². The highest BCUT2D eigenvalue weighted by Gasteiger charge is 1.94. The van der Waals surface area contributed by atoms with Gasteiger partial charge in [0.1, 0.15) is 6.29 Å². The van der Waals surface area contributed by atoms with Gasteiger partial charge in [-0.25, -0.2) is 0 Å². The lowest BCUT2D eigenvalue weighted by molar-refractivity contribution is -0.107. The second-order valence-corrected chi connectivity index (χ2v) is 3.49. The molecule has 0 fully saturated rings. The lowest BCUT2D eigenvalue weighted by Gasteiger charge is -1.99. The van der Waals surface area contributed by atoms with Crippen LogP contribution in [0.1, 0.15) is 12.0 Å². The van der Waals surface area contributed by atoms with Crippen LogP contribution in [0.3, 0.4) is 0 Å². The molecular weight excluding hydrogens is 230 g/mol. The number of anilines is 1. The van der Waals surface area contributed by atoms with Crippen molar-refractivity contribution in [2.45, 2.75) is 6.42 Å². The zero-order valence-electron chi connectivity index (χ0n) is 7.03. The zero-order chi connectivity index (χ0) is 9.68. The van der Waals surface area contributed by atoms with Crippen molar-refractivity contribution in [2.24, 2.45) is 0 Å². The lowest BCUT2D eigenvalue weighted by Crippen LogP contribution is -1.88. The third kappa shape index (κ3) is 3.03. The van der Waals surface area contributed by atoms with Crippen LogP contribution in [0.25, 0.3) is 6.08 Å². The molecule has 0 aliphatic heterocycles. The Morgan fingerprint density at radius 3 is 2.92 bits per heavy atom. The third-order valence-corrected chi connectivity index (χ3v) is 2.07. The molecule has 0 atom stereocenters. The van der Waals surface area contributed by atoms with Crippen LogP contribution in [-0.2, 0) is 4.79 Å². The molecule has 0 radical (unpaired) electrons. The van der Waals surface area contributed by atoms with Crippen LogP contribution in [0.5, 0.6) is 0 Å². The highest BCUT2D eigenvalue weighted by molar-refractivity contribution is 9.10. The molecular formula is C10H10BrNO. The molecule has 3 heteroatoms. The number of rotatable bonds is 3. The number of allylic oxidation sites excluding steroid dienone is 1. The number of carbonyl (C=O) groups excluding carboxylic acids is 1. The Morgan fingerprint density at radius 1 is 1.46 bits per heavy atom. The summed E-state index contributed by atoms with van der Waals surface area (Å²) in [6.45, 7) is 0. The first kappa shape index (κ1) is 9.99. The molecule has 0 aliphatic carbocycles. The second-order valence-electron chi connectivity index (χ2n) is 2.58. The summed E-state index contributed by atoms with van der Waals surface area (Å²) in [6, 6.07) is 5.62. The van der Waals surface area contributed by atoms with Gasteiger partial charge in [0.15, 0.2) is 0 Å². The molecule has 0 aliphatic rings. The van der Waals surface area contributed by atoms with Crippen LogP contribution in [0.15, 0.2) is 28.7 Å². The van der Waals surface area contributed by atoms with Gasteiger partial charge in [0.2, 0.25) is 0 Å².